The SMILES string of the molecule is NC1CCC(Nc2nc(Cc3ccsc3)cc3[nH]c4cc(Br)ccc4c23)CC1. The molecular weight excluding hydrogens is 432 g/mol. The van der Waals surface area contributed by atoms with Crippen molar-refractivity contribution in [2.24, 2.45) is 5.73 Å². The van der Waals surface area contributed by atoms with Crippen molar-refractivity contribution in [2.75, 3.05) is 5.32 Å². The number of rotatable bonds is 4. The molecule has 0 atom stereocenters. The molecular formula is C22H23BrN4S. The lowest BCUT2D eigenvalue weighted by Crippen LogP contribution is -2.33. The fourth-order valence-electron chi connectivity index (χ4n) is 4.21. The Bertz CT molecular complexity index is 1110. The Morgan fingerprint density at radius 1 is 1.14 bits per heavy atom. The average molecular weight is 455 g/mol. The number of pyridine rings is 1. The summed E-state index contributed by atoms with van der Waals surface area (Å²) in [6.45, 7) is 0. The van der Waals surface area contributed by atoms with Crippen LogP contribution in [-0.2, 0) is 6.42 Å². The third kappa shape index (κ3) is 3.56. The lowest BCUT2D eigenvalue weighted by molar-refractivity contribution is 0.410. The number of aromatic amines is 1. The van der Waals surface area contributed by atoms with Crippen LogP contribution in [0.15, 0.2) is 45.6 Å². The van der Waals surface area contributed by atoms with Gasteiger partial charge < -0.3 is 16.0 Å². The van der Waals surface area contributed by atoms with Crippen LogP contribution in [0.5, 0.6) is 0 Å². The highest BCUT2D eigenvalue weighted by Crippen LogP contribution is 2.34. The van der Waals surface area contributed by atoms with Crippen molar-refractivity contribution >= 4 is 54.9 Å². The highest BCUT2D eigenvalue weighted by Gasteiger charge is 2.21. The van der Waals surface area contributed by atoms with Crippen LogP contribution >= 0.6 is 27.3 Å². The Kier molecular flexibility index (Phi) is 4.87. The van der Waals surface area contributed by atoms with Gasteiger partial charge in [-0.15, -0.1) is 0 Å². The van der Waals surface area contributed by atoms with Gasteiger partial charge in [0.2, 0.25) is 0 Å². The van der Waals surface area contributed by atoms with Gasteiger partial charge in [0.1, 0.15) is 5.82 Å². The summed E-state index contributed by atoms with van der Waals surface area (Å²) in [6, 6.07) is 11.6. The van der Waals surface area contributed by atoms with Gasteiger partial charge in [0.05, 0.1) is 5.52 Å². The molecule has 0 saturated heterocycles. The summed E-state index contributed by atoms with van der Waals surface area (Å²) < 4.78 is 1.08. The number of nitrogens with zero attached hydrogens (tertiary/aromatic N) is 1. The standard InChI is InChI=1S/C22H23BrN4S/c23-14-1-6-18-19(10-14)27-20-11-17(9-13-7-8-28-12-13)26-22(21(18)20)25-16-4-2-15(24)3-5-16/h1,6-8,10-12,15-16,27H,2-5,9,24H2,(H,25,26). The third-order valence-corrected chi connectivity index (χ3v) is 6.90. The zero-order valence-corrected chi connectivity index (χ0v) is 17.9. The minimum atomic E-state index is 0.349. The van der Waals surface area contributed by atoms with Crippen molar-refractivity contribution in [3.8, 4) is 0 Å². The van der Waals surface area contributed by atoms with Crippen molar-refractivity contribution in [2.45, 2.75) is 44.2 Å². The van der Waals surface area contributed by atoms with E-state index in [9.17, 15) is 0 Å². The number of aromatic nitrogens is 2. The predicted octanol–water partition coefficient (Wildman–Crippen LogP) is 5.81. The second-order valence-electron chi connectivity index (χ2n) is 7.76. The van der Waals surface area contributed by atoms with E-state index in [1.54, 1.807) is 11.3 Å². The van der Waals surface area contributed by atoms with Crippen LogP contribution < -0.4 is 11.1 Å². The van der Waals surface area contributed by atoms with Gasteiger partial charge in [-0.3, -0.25) is 0 Å². The van der Waals surface area contributed by atoms with E-state index in [0.29, 0.717) is 12.1 Å². The van der Waals surface area contributed by atoms with E-state index in [1.807, 2.05) is 0 Å². The Morgan fingerprint density at radius 2 is 2.00 bits per heavy atom. The first-order valence-corrected chi connectivity index (χ1v) is 11.5. The fraction of sp³-hybridized carbons (Fsp3) is 0.318. The number of benzene rings is 1. The van der Waals surface area contributed by atoms with E-state index in [0.717, 1.165) is 59.1 Å². The molecule has 144 valence electrons. The Hall–Kier alpha value is -1.89. The molecule has 0 radical (unpaired) electrons. The van der Waals surface area contributed by atoms with Crippen molar-refractivity contribution in [3.63, 3.8) is 0 Å². The van der Waals surface area contributed by atoms with E-state index in [1.165, 1.54) is 16.3 Å². The average Bonchev–Trinajstić information content (AvgIpc) is 3.30. The number of fused-ring (bicyclic) bond motifs is 3. The summed E-state index contributed by atoms with van der Waals surface area (Å²) in [5.41, 5.74) is 10.8. The highest BCUT2D eigenvalue weighted by atomic mass is 79.9. The lowest BCUT2D eigenvalue weighted by atomic mass is 9.92. The molecule has 0 unspecified atom stereocenters. The topological polar surface area (TPSA) is 66.7 Å². The smallest absolute Gasteiger partial charge is 0.136 e. The molecule has 1 fully saturated rings. The maximum atomic E-state index is 6.10. The molecule has 0 aliphatic heterocycles. The molecule has 6 heteroatoms. The molecule has 4 nitrogen and oxygen atoms in total. The van der Waals surface area contributed by atoms with Crippen molar-refractivity contribution in [1.29, 1.82) is 0 Å². The van der Waals surface area contributed by atoms with Crippen LogP contribution in [0.25, 0.3) is 21.8 Å². The second-order valence-corrected chi connectivity index (χ2v) is 9.46. The van der Waals surface area contributed by atoms with Crippen LogP contribution in [0.4, 0.5) is 5.82 Å². The first-order chi connectivity index (χ1) is 13.7. The van der Waals surface area contributed by atoms with Gasteiger partial charge in [-0.05, 0) is 66.3 Å². The first-order valence-electron chi connectivity index (χ1n) is 9.80. The van der Waals surface area contributed by atoms with Gasteiger partial charge in [0.25, 0.3) is 0 Å². The molecule has 5 rings (SSSR count). The number of thiophene rings is 1. The number of nitrogens with one attached hydrogen (secondary N) is 2. The van der Waals surface area contributed by atoms with Crippen LogP contribution in [0.3, 0.4) is 0 Å². The van der Waals surface area contributed by atoms with E-state index < -0.39 is 0 Å². The summed E-state index contributed by atoms with van der Waals surface area (Å²) in [6.07, 6.45) is 5.22. The molecule has 3 heterocycles. The van der Waals surface area contributed by atoms with Gasteiger partial charge in [-0.25, -0.2) is 4.98 Å². The predicted molar refractivity (Wildman–Crippen MR) is 122 cm³/mol. The lowest BCUT2D eigenvalue weighted by Gasteiger charge is -2.27. The molecule has 28 heavy (non-hydrogen) atoms. The second kappa shape index (κ2) is 7.50. The minimum Gasteiger partial charge on any atom is -0.367 e. The highest BCUT2D eigenvalue weighted by molar-refractivity contribution is 9.10. The monoisotopic (exact) mass is 454 g/mol. The van der Waals surface area contributed by atoms with Gasteiger partial charge >= 0.3 is 0 Å². The molecule has 0 spiro atoms. The van der Waals surface area contributed by atoms with Crippen molar-refractivity contribution in [3.05, 3.63) is 56.8 Å². The molecule has 1 aliphatic carbocycles. The summed E-state index contributed by atoms with van der Waals surface area (Å²) in [5.74, 6) is 0.997. The van der Waals surface area contributed by atoms with Gasteiger partial charge in [-0.1, -0.05) is 22.0 Å². The third-order valence-electron chi connectivity index (χ3n) is 5.67. The molecule has 4 aromatic rings. The Morgan fingerprint density at radius 3 is 2.79 bits per heavy atom. The van der Waals surface area contributed by atoms with Crippen LogP contribution in [0, 0.1) is 0 Å². The normalized spacial score (nSPS) is 20.1. The molecule has 3 aromatic heterocycles. The van der Waals surface area contributed by atoms with Gasteiger partial charge in [0, 0.05) is 45.0 Å². The number of hydrogen-bond donors (Lipinski definition) is 3. The minimum absolute atomic E-state index is 0.349. The summed E-state index contributed by atoms with van der Waals surface area (Å²) >= 11 is 5.32. The number of nitrogens with two attached hydrogens (primary N) is 1. The van der Waals surface area contributed by atoms with E-state index in [4.69, 9.17) is 10.7 Å². The van der Waals surface area contributed by atoms with Gasteiger partial charge in [0.15, 0.2) is 0 Å². The van der Waals surface area contributed by atoms with Gasteiger partial charge in [-0.2, -0.15) is 11.3 Å². The first kappa shape index (κ1) is 18.2. The van der Waals surface area contributed by atoms with Crippen LogP contribution in [0.1, 0.15) is 36.9 Å². The van der Waals surface area contributed by atoms with E-state index in [-0.39, 0.29) is 0 Å². The van der Waals surface area contributed by atoms with Crippen molar-refractivity contribution in [1.82, 2.24) is 9.97 Å². The van der Waals surface area contributed by atoms with Crippen LogP contribution in [-0.4, -0.2) is 22.1 Å². The molecule has 0 amide bonds. The van der Waals surface area contributed by atoms with E-state index >= 15 is 0 Å². The molecule has 1 aromatic carbocycles. The number of H-pyrrole nitrogens is 1. The number of anilines is 1. The van der Waals surface area contributed by atoms with Crippen molar-refractivity contribution < 1.29 is 0 Å². The summed E-state index contributed by atoms with van der Waals surface area (Å²) in [7, 11) is 0. The molecule has 0 bridgehead atoms. The zero-order chi connectivity index (χ0) is 19.1. The quantitative estimate of drug-likeness (QED) is 0.364. The maximum absolute atomic E-state index is 6.10. The summed E-state index contributed by atoms with van der Waals surface area (Å²) in [4.78, 5) is 8.66. The number of halogens is 1. The largest absolute Gasteiger partial charge is 0.367 e. The molecule has 4 N–H and O–H groups in total. The summed E-state index contributed by atoms with van der Waals surface area (Å²) in [5, 5.41) is 10.5. The Balaban J connectivity index is 1.60. The fourth-order valence-corrected chi connectivity index (χ4v) is 5.24. The van der Waals surface area contributed by atoms with Crippen LogP contribution in [0.2, 0.25) is 0 Å². The number of hydrogen-bond acceptors (Lipinski definition) is 4. The molecule has 1 saturated carbocycles. The zero-order valence-electron chi connectivity index (χ0n) is 15.5. The Labute approximate surface area is 176 Å². The maximum Gasteiger partial charge on any atom is 0.136 e. The molecule has 1 aliphatic rings. The van der Waals surface area contributed by atoms with E-state index in [2.05, 4.69) is 67.3 Å².